The van der Waals surface area contributed by atoms with Gasteiger partial charge in [-0.3, -0.25) is 9.59 Å². The van der Waals surface area contributed by atoms with Crippen LogP contribution in [0, 0.1) is 20.8 Å². The zero-order valence-electron chi connectivity index (χ0n) is 17.3. The maximum absolute atomic E-state index is 12.6. The van der Waals surface area contributed by atoms with Gasteiger partial charge in [0.1, 0.15) is 11.9 Å². The Kier molecular flexibility index (Phi) is 6.22. The van der Waals surface area contributed by atoms with Gasteiger partial charge in [-0.1, -0.05) is 18.2 Å². The number of pyridine rings is 1. The molecule has 5 heteroatoms. The molecule has 1 amide bonds. The molecule has 0 bridgehead atoms. The third-order valence-corrected chi connectivity index (χ3v) is 5.77. The van der Waals surface area contributed by atoms with E-state index in [0.29, 0.717) is 25.3 Å². The predicted octanol–water partition coefficient (Wildman–Crippen LogP) is 3.31. The van der Waals surface area contributed by atoms with Crippen molar-refractivity contribution in [1.82, 2.24) is 9.47 Å². The predicted molar refractivity (Wildman–Crippen MR) is 111 cm³/mol. The number of ether oxygens (including phenoxy) is 1. The fourth-order valence-corrected chi connectivity index (χ4v) is 3.59. The number of hydrogen-bond donors (Lipinski definition) is 0. The summed E-state index contributed by atoms with van der Waals surface area (Å²) in [5.41, 5.74) is 4.59. The van der Waals surface area contributed by atoms with Crippen LogP contribution in [0.4, 0.5) is 0 Å². The lowest BCUT2D eigenvalue weighted by molar-refractivity contribution is -0.132. The summed E-state index contributed by atoms with van der Waals surface area (Å²) in [6.45, 7) is 7.52. The minimum Gasteiger partial charge on any atom is -0.490 e. The molecular weight excluding hydrogens is 352 g/mol. The van der Waals surface area contributed by atoms with Crippen LogP contribution in [0.3, 0.4) is 0 Å². The molecule has 2 heterocycles. The van der Waals surface area contributed by atoms with E-state index in [1.807, 2.05) is 17.9 Å². The molecule has 5 nitrogen and oxygen atoms in total. The van der Waals surface area contributed by atoms with Crippen LogP contribution < -0.4 is 10.3 Å². The molecule has 1 aliphatic heterocycles. The summed E-state index contributed by atoms with van der Waals surface area (Å²) in [7, 11) is 1.75. The van der Waals surface area contributed by atoms with E-state index in [2.05, 4.69) is 32.0 Å². The Morgan fingerprint density at radius 2 is 1.79 bits per heavy atom. The molecular formula is C23H30N2O3. The molecule has 1 aromatic heterocycles. The van der Waals surface area contributed by atoms with Crippen molar-refractivity contribution < 1.29 is 9.53 Å². The Balaban J connectivity index is 1.48. The van der Waals surface area contributed by atoms with Gasteiger partial charge in [-0.05, 0) is 49.9 Å². The van der Waals surface area contributed by atoms with Gasteiger partial charge >= 0.3 is 0 Å². The van der Waals surface area contributed by atoms with E-state index in [1.54, 1.807) is 11.6 Å². The van der Waals surface area contributed by atoms with Crippen molar-refractivity contribution in [2.75, 3.05) is 13.1 Å². The van der Waals surface area contributed by atoms with Crippen LogP contribution in [0.15, 0.2) is 35.1 Å². The van der Waals surface area contributed by atoms with Crippen LogP contribution in [0.5, 0.6) is 5.75 Å². The largest absolute Gasteiger partial charge is 0.490 e. The molecule has 1 aliphatic rings. The average Bonchev–Trinajstić information content (AvgIpc) is 2.67. The monoisotopic (exact) mass is 382 g/mol. The molecule has 0 spiro atoms. The third-order valence-electron chi connectivity index (χ3n) is 5.77. The lowest BCUT2D eigenvalue weighted by Crippen LogP contribution is -2.42. The smallest absolute Gasteiger partial charge is 0.254 e. The number of nitrogens with zero attached hydrogens (tertiary/aromatic N) is 2. The molecule has 0 radical (unpaired) electrons. The van der Waals surface area contributed by atoms with Gasteiger partial charge in [0.2, 0.25) is 5.91 Å². The van der Waals surface area contributed by atoms with Gasteiger partial charge in [-0.25, -0.2) is 0 Å². The molecule has 1 fully saturated rings. The third kappa shape index (κ3) is 4.83. The van der Waals surface area contributed by atoms with Crippen LogP contribution in [-0.4, -0.2) is 34.6 Å². The molecule has 2 aromatic rings. The van der Waals surface area contributed by atoms with Crippen LogP contribution >= 0.6 is 0 Å². The second-order valence-electron chi connectivity index (χ2n) is 7.85. The van der Waals surface area contributed by atoms with Crippen LogP contribution in [0.2, 0.25) is 0 Å². The lowest BCUT2D eigenvalue weighted by atomic mass is 10.0. The first-order valence-electron chi connectivity index (χ1n) is 10.0. The zero-order chi connectivity index (χ0) is 20.3. The minimum absolute atomic E-state index is 0.0512. The summed E-state index contributed by atoms with van der Waals surface area (Å²) in [5, 5.41) is 0. The first kappa shape index (κ1) is 20.2. The number of piperidine rings is 1. The van der Waals surface area contributed by atoms with Gasteiger partial charge in [0.25, 0.3) is 5.56 Å². The highest BCUT2D eigenvalue weighted by Crippen LogP contribution is 2.20. The molecule has 0 atom stereocenters. The molecule has 0 aliphatic carbocycles. The highest BCUT2D eigenvalue weighted by molar-refractivity contribution is 5.76. The van der Waals surface area contributed by atoms with E-state index >= 15 is 0 Å². The van der Waals surface area contributed by atoms with Gasteiger partial charge in [0.15, 0.2) is 0 Å². The van der Waals surface area contributed by atoms with Crippen LogP contribution in [-0.2, 0) is 18.3 Å². The van der Waals surface area contributed by atoms with Crippen molar-refractivity contribution >= 4 is 5.91 Å². The van der Waals surface area contributed by atoms with E-state index in [9.17, 15) is 9.59 Å². The fraction of sp³-hybridized carbons (Fsp3) is 0.478. The molecule has 0 saturated carbocycles. The van der Waals surface area contributed by atoms with E-state index in [-0.39, 0.29) is 17.6 Å². The second kappa shape index (κ2) is 8.63. The van der Waals surface area contributed by atoms with Crippen molar-refractivity contribution in [3.63, 3.8) is 0 Å². The Morgan fingerprint density at radius 1 is 1.07 bits per heavy atom. The second-order valence-corrected chi connectivity index (χ2v) is 7.85. The highest BCUT2D eigenvalue weighted by atomic mass is 16.5. The molecule has 0 unspecified atom stereocenters. The van der Waals surface area contributed by atoms with Gasteiger partial charge in [-0.2, -0.15) is 0 Å². The number of aryl methyl sites for hydroxylation is 4. The SMILES string of the molecule is Cc1ccc(CCC(=O)N2CCC(Oc3cc(C)n(C)c(=O)c3)CC2)cc1C. The summed E-state index contributed by atoms with van der Waals surface area (Å²) in [6.07, 6.45) is 2.97. The number of benzene rings is 1. The number of amides is 1. The number of rotatable bonds is 5. The Labute approximate surface area is 166 Å². The van der Waals surface area contributed by atoms with Gasteiger partial charge in [0, 0.05) is 51.2 Å². The Bertz CT molecular complexity index is 909. The standard InChI is InChI=1S/C23H30N2O3/c1-16-5-6-19(13-17(16)2)7-8-22(26)25-11-9-20(10-12-25)28-21-14-18(3)24(4)23(27)15-21/h5-6,13-15,20H,7-12H2,1-4H3. The van der Waals surface area contributed by atoms with Crippen LogP contribution in [0.1, 0.15) is 41.6 Å². The van der Waals surface area contributed by atoms with Gasteiger partial charge < -0.3 is 14.2 Å². The van der Waals surface area contributed by atoms with Crippen molar-refractivity contribution in [1.29, 1.82) is 0 Å². The summed E-state index contributed by atoms with van der Waals surface area (Å²) in [4.78, 5) is 26.4. The normalized spacial score (nSPS) is 14.9. The zero-order valence-corrected chi connectivity index (χ0v) is 17.3. The Hall–Kier alpha value is -2.56. The van der Waals surface area contributed by atoms with Gasteiger partial charge in [0.05, 0.1) is 0 Å². The number of hydrogen-bond acceptors (Lipinski definition) is 3. The summed E-state index contributed by atoms with van der Waals surface area (Å²) >= 11 is 0. The van der Waals surface area contributed by atoms with Crippen molar-refractivity contribution in [2.45, 2.75) is 52.6 Å². The van der Waals surface area contributed by atoms with Crippen molar-refractivity contribution in [3.05, 3.63) is 63.1 Å². The molecule has 1 aromatic carbocycles. The molecule has 0 N–H and O–H groups in total. The quantitative estimate of drug-likeness (QED) is 0.797. The number of aromatic nitrogens is 1. The number of likely N-dealkylation sites (tertiary alicyclic amines) is 1. The molecule has 1 saturated heterocycles. The summed E-state index contributed by atoms with van der Waals surface area (Å²) < 4.78 is 7.60. The Morgan fingerprint density at radius 3 is 2.43 bits per heavy atom. The lowest BCUT2D eigenvalue weighted by Gasteiger charge is -2.32. The molecule has 3 rings (SSSR count). The van der Waals surface area contributed by atoms with Crippen molar-refractivity contribution in [2.24, 2.45) is 7.05 Å². The maximum atomic E-state index is 12.6. The highest BCUT2D eigenvalue weighted by Gasteiger charge is 2.24. The fourth-order valence-electron chi connectivity index (χ4n) is 3.59. The van der Waals surface area contributed by atoms with E-state index < -0.39 is 0 Å². The van der Waals surface area contributed by atoms with Gasteiger partial charge in [-0.15, -0.1) is 0 Å². The van der Waals surface area contributed by atoms with Crippen LogP contribution in [0.25, 0.3) is 0 Å². The number of carbonyl (C=O) groups is 1. The molecule has 28 heavy (non-hydrogen) atoms. The number of carbonyl (C=O) groups excluding carboxylic acids is 1. The van der Waals surface area contributed by atoms with E-state index in [4.69, 9.17) is 4.74 Å². The van der Waals surface area contributed by atoms with E-state index in [1.165, 1.54) is 22.8 Å². The molecule has 150 valence electrons. The average molecular weight is 383 g/mol. The maximum Gasteiger partial charge on any atom is 0.254 e. The first-order chi connectivity index (χ1) is 13.3. The summed E-state index contributed by atoms with van der Waals surface area (Å²) in [6, 6.07) is 9.84. The summed E-state index contributed by atoms with van der Waals surface area (Å²) in [5.74, 6) is 0.834. The van der Waals surface area contributed by atoms with E-state index in [0.717, 1.165) is 25.0 Å². The van der Waals surface area contributed by atoms with Crippen molar-refractivity contribution in [3.8, 4) is 5.75 Å². The minimum atomic E-state index is -0.0612. The topological polar surface area (TPSA) is 51.5 Å². The first-order valence-corrected chi connectivity index (χ1v) is 10.0.